The minimum Gasteiger partial charge on any atom is -0.358 e. The van der Waals surface area contributed by atoms with E-state index in [0.29, 0.717) is 43.2 Å². The summed E-state index contributed by atoms with van der Waals surface area (Å²) in [5, 5.41) is 2.96. The number of sulfonamides is 1. The van der Waals surface area contributed by atoms with Crippen molar-refractivity contribution in [1.82, 2.24) is 10.2 Å². The van der Waals surface area contributed by atoms with Crippen LogP contribution in [0.3, 0.4) is 0 Å². The van der Waals surface area contributed by atoms with Gasteiger partial charge in [-0.1, -0.05) is 26.0 Å². The fourth-order valence-corrected chi connectivity index (χ4v) is 4.28. The lowest BCUT2D eigenvalue weighted by atomic mass is 10.0. The third-order valence-electron chi connectivity index (χ3n) is 4.28. The molecule has 1 atom stereocenters. The van der Waals surface area contributed by atoms with Gasteiger partial charge in [-0.15, -0.1) is 4.40 Å². The Kier molecular flexibility index (Phi) is 6.77. The molecule has 1 aliphatic heterocycles. The number of amidine groups is 1. The predicted octanol–water partition coefficient (Wildman–Crippen LogP) is 1.34. The van der Waals surface area contributed by atoms with Crippen molar-refractivity contribution in [3.63, 3.8) is 0 Å². The molecule has 7 nitrogen and oxygen atoms in total. The number of hydrogen-bond donors (Lipinski definition) is 2. The highest BCUT2D eigenvalue weighted by molar-refractivity contribution is 7.90. The molecule has 1 aromatic carbocycles. The van der Waals surface area contributed by atoms with Crippen LogP contribution in [0.25, 0.3) is 0 Å². The summed E-state index contributed by atoms with van der Waals surface area (Å²) in [5.41, 5.74) is 6.31. The number of amides is 1. The Morgan fingerprint density at radius 3 is 2.65 bits per heavy atom. The van der Waals surface area contributed by atoms with E-state index in [1.165, 1.54) is 0 Å². The van der Waals surface area contributed by atoms with Gasteiger partial charge in [0.25, 0.3) is 10.0 Å². The molecule has 26 heavy (non-hydrogen) atoms. The van der Waals surface area contributed by atoms with Gasteiger partial charge in [0.2, 0.25) is 5.91 Å². The van der Waals surface area contributed by atoms with Crippen molar-refractivity contribution in [2.45, 2.75) is 44.0 Å². The molecule has 0 spiro atoms. The van der Waals surface area contributed by atoms with E-state index in [2.05, 4.69) is 23.6 Å². The fraction of sp³-hybridized carbons (Fsp3) is 0.556. The standard InChI is InChI=1S/C18H28N4O3S/c1-13(2)11-14(12-19)20-17(23)9-6-10-22(3)18-15-7-4-5-8-16(15)26(24,25)21-18/h4-5,7-8,13-14H,6,9-12,19H2,1-3H3,(H,20,23). The lowest BCUT2D eigenvalue weighted by Crippen LogP contribution is -2.41. The van der Waals surface area contributed by atoms with Gasteiger partial charge in [-0.05, 0) is 30.9 Å². The molecule has 1 aromatic rings. The second kappa shape index (κ2) is 8.64. The van der Waals surface area contributed by atoms with Gasteiger partial charge in [0.15, 0.2) is 0 Å². The van der Waals surface area contributed by atoms with E-state index in [-0.39, 0.29) is 16.8 Å². The number of carbonyl (C=O) groups is 1. The van der Waals surface area contributed by atoms with Gasteiger partial charge in [0.1, 0.15) is 10.7 Å². The summed E-state index contributed by atoms with van der Waals surface area (Å²) >= 11 is 0. The summed E-state index contributed by atoms with van der Waals surface area (Å²) in [4.78, 5) is 14.1. The van der Waals surface area contributed by atoms with Crippen LogP contribution in [0, 0.1) is 5.92 Å². The van der Waals surface area contributed by atoms with Gasteiger partial charge in [-0.3, -0.25) is 4.79 Å². The molecular weight excluding hydrogens is 352 g/mol. The first-order valence-electron chi connectivity index (χ1n) is 8.89. The molecule has 0 saturated heterocycles. The third-order valence-corrected chi connectivity index (χ3v) is 5.60. The summed E-state index contributed by atoms with van der Waals surface area (Å²) < 4.78 is 28.1. The molecule has 8 heteroatoms. The summed E-state index contributed by atoms with van der Waals surface area (Å²) in [5.74, 6) is 0.869. The van der Waals surface area contributed by atoms with Crippen LogP contribution < -0.4 is 11.1 Å². The van der Waals surface area contributed by atoms with Gasteiger partial charge < -0.3 is 16.0 Å². The molecule has 1 unspecified atom stereocenters. The SMILES string of the molecule is CC(C)CC(CN)NC(=O)CCCN(C)C1=NS(=O)(=O)c2ccccc21. The number of benzene rings is 1. The number of nitrogens with one attached hydrogen (secondary N) is 1. The van der Waals surface area contributed by atoms with Crippen LogP contribution in [0.5, 0.6) is 0 Å². The molecule has 0 radical (unpaired) electrons. The van der Waals surface area contributed by atoms with E-state index in [1.54, 1.807) is 36.2 Å². The maximum Gasteiger partial charge on any atom is 0.285 e. The Hall–Kier alpha value is -1.93. The topological polar surface area (TPSA) is 105 Å². The van der Waals surface area contributed by atoms with Crippen molar-refractivity contribution in [1.29, 1.82) is 0 Å². The molecule has 0 aliphatic carbocycles. The Morgan fingerprint density at radius 2 is 2.00 bits per heavy atom. The van der Waals surface area contributed by atoms with Gasteiger partial charge in [-0.25, -0.2) is 0 Å². The molecule has 3 N–H and O–H groups in total. The summed E-state index contributed by atoms with van der Waals surface area (Å²) in [6.07, 6.45) is 1.82. The first-order chi connectivity index (χ1) is 12.2. The number of nitrogens with zero attached hydrogens (tertiary/aromatic N) is 2. The molecule has 2 rings (SSSR count). The molecule has 0 bridgehead atoms. The van der Waals surface area contributed by atoms with E-state index in [9.17, 15) is 13.2 Å². The second-order valence-corrected chi connectivity index (χ2v) is 8.61. The predicted molar refractivity (Wildman–Crippen MR) is 102 cm³/mol. The van der Waals surface area contributed by atoms with Crippen molar-refractivity contribution >= 4 is 21.8 Å². The zero-order chi connectivity index (χ0) is 19.3. The highest BCUT2D eigenvalue weighted by Crippen LogP contribution is 2.26. The quantitative estimate of drug-likeness (QED) is 0.708. The highest BCUT2D eigenvalue weighted by Gasteiger charge is 2.30. The van der Waals surface area contributed by atoms with E-state index in [4.69, 9.17) is 5.73 Å². The Labute approximate surface area is 155 Å². The van der Waals surface area contributed by atoms with Gasteiger partial charge in [-0.2, -0.15) is 8.42 Å². The first-order valence-corrected chi connectivity index (χ1v) is 10.3. The minimum atomic E-state index is -3.62. The zero-order valence-corrected chi connectivity index (χ0v) is 16.4. The Morgan fingerprint density at radius 1 is 1.31 bits per heavy atom. The van der Waals surface area contributed by atoms with Crippen LogP contribution in [-0.4, -0.2) is 51.2 Å². The van der Waals surface area contributed by atoms with E-state index < -0.39 is 10.0 Å². The van der Waals surface area contributed by atoms with Gasteiger partial charge >= 0.3 is 0 Å². The average molecular weight is 381 g/mol. The van der Waals surface area contributed by atoms with Crippen LogP contribution in [-0.2, 0) is 14.8 Å². The fourth-order valence-electron chi connectivity index (χ4n) is 3.03. The van der Waals surface area contributed by atoms with Crippen molar-refractivity contribution < 1.29 is 13.2 Å². The normalized spacial score (nSPS) is 16.1. The third kappa shape index (κ3) is 5.04. The molecule has 1 heterocycles. The summed E-state index contributed by atoms with van der Waals surface area (Å²) in [6, 6.07) is 6.78. The van der Waals surface area contributed by atoms with Crippen LogP contribution in [0.1, 0.15) is 38.7 Å². The molecular formula is C18H28N4O3S. The molecule has 0 saturated carbocycles. The monoisotopic (exact) mass is 380 g/mol. The number of fused-ring (bicyclic) bond motifs is 1. The summed E-state index contributed by atoms with van der Waals surface area (Å²) in [6.45, 7) is 5.15. The molecule has 0 fully saturated rings. The molecule has 1 amide bonds. The first kappa shape index (κ1) is 20.4. The largest absolute Gasteiger partial charge is 0.358 e. The van der Waals surface area contributed by atoms with Gasteiger partial charge in [0, 0.05) is 38.2 Å². The Balaban J connectivity index is 1.88. The van der Waals surface area contributed by atoms with Crippen LogP contribution in [0.15, 0.2) is 33.6 Å². The molecule has 144 valence electrons. The zero-order valence-electron chi connectivity index (χ0n) is 15.6. The smallest absolute Gasteiger partial charge is 0.285 e. The lowest BCUT2D eigenvalue weighted by Gasteiger charge is -2.20. The molecule has 1 aliphatic rings. The minimum absolute atomic E-state index is 0.00328. The van der Waals surface area contributed by atoms with Crippen molar-refractivity contribution in [3.8, 4) is 0 Å². The maximum atomic E-state index is 12.1. The van der Waals surface area contributed by atoms with Crippen LogP contribution >= 0.6 is 0 Å². The number of hydrogen-bond acceptors (Lipinski definition) is 5. The number of rotatable bonds is 8. The van der Waals surface area contributed by atoms with Crippen molar-refractivity contribution in [3.05, 3.63) is 29.8 Å². The van der Waals surface area contributed by atoms with E-state index >= 15 is 0 Å². The van der Waals surface area contributed by atoms with Crippen LogP contribution in [0.2, 0.25) is 0 Å². The van der Waals surface area contributed by atoms with Gasteiger partial charge in [0.05, 0.1) is 0 Å². The summed E-state index contributed by atoms with van der Waals surface area (Å²) in [7, 11) is -1.83. The second-order valence-electron chi connectivity index (χ2n) is 7.04. The maximum absolute atomic E-state index is 12.1. The number of carbonyl (C=O) groups excluding carboxylic acids is 1. The Bertz CT molecular complexity index is 774. The lowest BCUT2D eigenvalue weighted by molar-refractivity contribution is -0.121. The van der Waals surface area contributed by atoms with E-state index in [0.717, 1.165) is 6.42 Å². The van der Waals surface area contributed by atoms with Crippen LogP contribution in [0.4, 0.5) is 0 Å². The van der Waals surface area contributed by atoms with Crippen molar-refractivity contribution in [2.75, 3.05) is 20.1 Å². The highest BCUT2D eigenvalue weighted by atomic mass is 32.2. The average Bonchev–Trinajstić information content (AvgIpc) is 2.85. The van der Waals surface area contributed by atoms with E-state index in [1.807, 2.05) is 0 Å². The molecule has 0 aromatic heterocycles. The van der Waals surface area contributed by atoms with Crippen molar-refractivity contribution in [2.24, 2.45) is 16.0 Å². The number of nitrogens with two attached hydrogens (primary N) is 1.